The molecular formula is C16H13ClFNO2S. The Morgan fingerprint density at radius 3 is 2.82 bits per heavy atom. The predicted molar refractivity (Wildman–Crippen MR) is 87.1 cm³/mol. The van der Waals surface area contributed by atoms with Gasteiger partial charge in [-0.15, -0.1) is 11.8 Å². The summed E-state index contributed by atoms with van der Waals surface area (Å²) in [5.74, 6) is 0.385. The summed E-state index contributed by atoms with van der Waals surface area (Å²) in [4.78, 5) is 13.9. The van der Waals surface area contributed by atoms with Crippen LogP contribution in [-0.2, 0) is 4.79 Å². The summed E-state index contributed by atoms with van der Waals surface area (Å²) in [6.07, 6.45) is 0. The largest absolute Gasteiger partial charge is 0.495 e. The van der Waals surface area contributed by atoms with E-state index in [0.29, 0.717) is 22.0 Å². The number of nitrogens with zero attached hydrogens (tertiary/aromatic N) is 1. The van der Waals surface area contributed by atoms with Crippen molar-refractivity contribution in [1.29, 1.82) is 0 Å². The maximum atomic E-state index is 14.1. The molecule has 0 spiro atoms. The number of carbonyl (C=O) groups is 1. The second-order valence-electron chi connectivity index (χ2n) is 4.76. The Morgan fingerprint density at radius 1 is 1.32 bits per heavy atom. The van der Waals surface area contributed by atoms with Crippen molar-refractivity contribution in [3.63, 3.8) is 0 Å². The Labute approximate surface area is 137 Å². The van der Waals surface area contributed by atoms with Crippen LogP contribution in [0.4, 0.5) is 10.1 Å². The van der Waals surface area contributed by atoms with Gasteiger partial charge in [-0.25, -0.2) is 4.39 Å². The zero-order valence-corrected chi connectivity index (χ0v) is 13.3. The first-order valence-corrected chi connectivity index (χ1v) is 8.06. The smallest absolute Gasteiger partial charge is 0.238 e. The molecule has 1 heterocycles. The molecule has 1 fully saturated rings. The third-order valence-electron chi connectivity index (χ3n) is 3.44. The molecule has 1 amide bonds. The van der Waals surface area contributed by atoms with Crippen molar-refractivity contribution < 1.29 is 13.9 Å². The van der Waals surface area contributed by atoms with Crippen LogP contribution in [0.1, 0.15) is 10.9 Å². The predicted octanol–water partition coefficient (Wildman–Crippen LogP) is 4.27. The number of methoxy groups -OCH3 is 1. The highest BCUT2D eigenvalue weighted by Gasteiger charge is 2.37. The first-order chi connectivity index (χ1) is 10.6. The van der Waals surface area contributed by atoms with E-state index in [1.807, 2.05) is 0 Å². The fraction of sp³-hybridized carbons (Fsp3) is 0.188. The van der Waals surface area contributed by atoms with Gasteiger partial charge in [0.25, 0.3) is 0 Å². The molecule has 3 rings (SSSR count). The van der Waals surface area contributed by atoms with Crippen LogP contribution in [0.5, 0.6) is 5.75 Å². The summed E-state index contributed by atoms with van der Waals surface area (Å²) < 4.78 is 19.4. The van der Waals surface area contributed by atoms with Gasteiger partial charge in [0.15, 0.2) is 0 Å². The first-order valence-electron chi connectivity index (χ1n) is 6.63. The molecule has 1 saturated heterocycles. The van der Waals surface area contributed by atoms with E-state index in [2.05, 4.69) is 0 Å². The van der Waals surface area contributed by atoms with Gasteiger partial charge in [0.05, 0.1) is 18.6 Å². The molecule has 114 valence electrons. The zero-order valence-electron chi connectivity index (χ0n) is 11.8. The summed E-state index contributed by atoms with van der Waals surface area (Å²) in [6, 6.07) is 11.5. The standard InChI is InChI=1S/C16H13ClFNO2S/c1-21-14-7-6-10(17)8-13(14)19-15(20)9-22-16(19)11-4-2-3-5-12(11)18/h2-8,16H,9H2,1H3/t16-/m0/s1. The van der Waals surface area contributed by atoms with Gasteiger partial charge in [-0.05, 0) is 24.3 Å². The summed E-state index contributed by atoms with van der Waals surface area (Å²) in [7, 11) is 1.53. The molecule has 2 aromatic carbocycles. The monoisotopic (exact) mass is 337 g/mol. The van der Waals surface area contributed by atoms with Crippen LogP contribution in [0, 0.1) is 5.82 Å². The summed E-state index contributed by atoms with van der Waals surface area (Å²) in [5, 5.41) is 0.0638. The molecular weight excluding hydrogens is 325 g/mol. The van der Waals surface area contributed by atoms with Crippen molar-refractivity contribution in [2.75, 3.05) is 17.8 Å². The van der Waals surface area contributed by atoms with E-state index in [1.165, 1.54) is 24.9 Å². The number of amides is 1. The lowest BCUT2D eigenvalue weighted by atomic mass is 10.1. The Morgan fingerprint density at radius 2 is 2.09 bits per heavy atom. The highest BCUT2D eigenvalue weighted by atomic mass is 35.5. The highest BCUT2D eigenvalue weighted by Crippen LogP contribution is 2.46. The highest BCUT2D eigenvalue weighted by molar-refractivity contribution is 8.00. The van der Waals surface area contributed by atoms with E-state index in [0.717, 1.165) is 0 Å². The minimum absolute atomic E-state index is 0.0983. The average Bonchev–Trinajstić information content (AvgIpc) is 2.89. The molecule has 0 N–H and O–H groups in total. The number of thioether (sulfide) groups is 1. The van der Waals surface area contributed by atoms with Crippen molar-refractivity contribution in [2.24, 2.45) is 0 Å². The van der Waals surface area contributed by atoms with E-state index < -0.39 is 5.37 Å². The van der Waals surface area contributed by atoms with Crippen molar-refractivity contribution in [1.82, 2.24) is 0 Å². The van der Waals surface area contributed by atoms with Crippen molar-refractivity contribution >= 4 is 35.0 Å². The quantitative estimate of drug-likeness (QED) is 0.837. The van der Waals surface area contributed by atoms with Gasteiger partial charge in [-0.3, -0.25) is 9.69 Å². The van der Waals surface area contributed by atoms with Gasteiger partial charge < -0.3 is 4.74 Å². The number of benzene rings is 2. The SMILES string of the molecule is COc1ccc(Cl)cc1N1C(=O)CS[C@H]1c1ccccc1F. The third kappa shape index (κ3) is 2.66. The van der Waals surface area contributed by atoms with Gasteiger partial charge >= 0.3 is 0 Å². The van der Waals surface area contributed by atoms with Crippen molar-refractivity contribution in [3.05, 3.63) is 58.9 Å². The Bertz CT molecular complexity index is 725. The molecule has 2 aromatic rings. The first kappa shape index (κ1) is 15.2. The molecule has 0 radical (unpaired) electrons. The minimum atomic E-state index is -0.430. The molecule has 1 atom stereocenters. The van der Waals surface area contributed by atoms with E-state index in [9.17, 15) is 9.18 Å². The second kappa shape index (κ2) is 6.18. The minimum Gasteiger partial charge on any atom is -0.495 e. The van der Waals surface area contributed by atoms with Crippen LogP contribution < -0.4 is 9.64 Å². The molecule has 6 heteroatoms. The zero-order chi connectivity index (χ0) is 15.7. The summed E-state index contributed by atoms with van der Waals surface area (Å²) in [6.45, 7) is 0. The molecule has 0 aliphatic carbocycles. The maximum Gasteiger partial charge on any atom is 0.238 e. The van der Waals surface area contributed by atoms with Crippen LogP contribution in [-0.4, -0.2) is 18.8 Å². The lowest BCUT2D eigenvalue weighted by Crippen LogP contribution is -2.28. The Kier molecular flexibility index (Phi) is 4.27. The summed E-state index contributed by atoms with van der Waals surface area (Å²) >= 11 is 7.43. The van der Waals surface area contributed by atoms with Crippen LogP contribution in [0.2, 0.25) is 5.02 Å². The van der Waals surface area contributed by atoms with E-state index in [-0.39, 0.29) is 17.5 Å². The number of rotatable bonds is 3. The van der Waals surface area contributed by atoms with Gasteiger partial charge in [0, 0.05) is 10.6 Å². The molecule has 1 aliphatic heterocycles. The van der Waals surface area contributed by atoms with Crippen LogP contribution >= 0.6 is 23.4 Å². The van der Waals surface area contributed by atoms with E-state index in [4.69, 9.17) is 16.3 Å². The molecule has 0 saturated carbocycles. The van der Waals surface area contributed by atoms with Gasteiger partial charge in [0.1, 0.15) is 16.9 Å². The number of anilines is 1. The van der Waals surface area contributed by atoms with Crippen molar-refractivity contribution in [2.45, 2.75) is 5.37 Å². The average molecular weight is 338 g/mol. The number of hydrogen-bond donors (Lipinski definition) is 0. The number of hydrogen-bond acceptors (Lipinski definition) is 3. The molecule has 1 aliphatic rings. The second-order valence-corrected chi connectivity index (χ2v) is 6.27. The van der Waals surface area contributed by atoms with E-state index in [1.54, 1.807) is 41.3 Å². The van der Waals surface area contributed by atoms with Gasteiger partial charge in [-0.2, -0.15) is 0 Å². The van der Waals surface area contributed by atoms with Crippen LogP contribution in [0.15, 0.2) is 42.5 Å². The normalized spacial score (nSPS) is 17.9. The fourth-order valence-corrected chi connectivity index (χ4v) is 3.80. The topological polar surface area (TPSA) is 29.5 Å². The maximum absolute atomic E-state index is 14.1. The molecule has 0 aromatic heterocycles. The molecule has 22 heavy (non-hydrogen) atoms. The molecule has 0 bridgehead atoms. The number of halogens is 2. The van der Waals surface area contributed by atoms with E-state index >= 15 is 0 Å². The number of carbonyl (C=O) groups excluding carboxylic acids is 1. The fourth-order valence-electron chi connectivity index (χ4n) is 2.44. The third-order valence-corrected chi connectivity index (χ3v) is 4.87. The number of ether oxygens (including phenoxy) is 1. The van der Waals surface area contributed by atoms with Crippen LogP contribution in [0.25, 0.3) is 0 Å². The lowest BCUT2D eigenvalue weighted by molar-refractivity contribution is -0.115. The Hall–Kier alpha value is -1.72. The molecule has 3 nitrogen and oxygen atoms in total. The van der Waals surface area contributed by atoms with Crippen molar-refractivity contribution in [3.8, 4) is 5.75 Å². The Balaban J connectivity index is 2.09. The van der Waals surface area contributed by atoms with Crippen LogP contribution in [0.3, 0.4) is 0 Å². The van der Waals surface area contributed by atoms with Gasteiger partial charge in [-0.1, -0.05) is 29.8 Å². The van der Waals surface area contributed by atoms with Gasteiger partial charge in [0.2, 0.25) is 5.91 Å². The lowest BCUT2D eigenvalue weighted by Gasteiger charge is -2.26. The molecule has 0 unspecified atom stereocenters. The summed E-state index contributed by atoms with van der Waals surface area (Å²) in [5.41, 5.74) is 1.03.